The lowest BCUT2D eigenvalue weighted by molar-refractivity contribution is -0.189. The van der Waals surface area contributed by atoms with Gasteiger partial charge in [0.1, 0.15) is 5.75 Å². The first-order chi connectivity index (χ1) is 16.2. The van der Waals surface area contributed by atoms with Crippen LogP contribution in [0.5, 0.6) is 11.5 Å². The molecule has 2 heterocycles. The lowest BCUT2D eigenvalue weighted by atomic mass is 10.2. The van der Waals surface area contributed by atoms with Gasteiger partial charge in [0.05, 0.1) is 11.9 Å². The van der Waals surface area contributed by atoms with E-state index in [1.165, 1.54) is 25.2 Å². The van der Waals surface area contributed by atoms with Gasteiger partial charge in [-0.25, -0.2) is 9.37 Å². The molecule has 13 heteroatoms. The minimum atomic E-state index is -4.03. The quantitative estimate of drug-likeness (QED) is 0.412. The van der Waals surface area contributed by atoms with Gasteiger partial charge in [-0.1, -0.05) is 6.07 Å². The Labute approximate surface area is 190 Å². The van der Waals surface area contributed by atoms with Gasteiger partial charge in [0.2, 0.25) is 5.95 Å². The third-order valence-electron chi connectivity index (χ3n) is 4.48. The van der Waals surface area contributed by atoms with E-state index < -0.39 is 17.8 Å². The van der Waals surface area contributed by atoms with E-state index in [0.717, 1.165) is 6.20 Å². The molecule has 0 atom stereocenters. The maximum Gasteiger partial charge on any atom is 0.482 e. The lowest BCUT2D eigenvalue weighted by Gasteiger charge is -2.25. The molecule has 2 aromatic carbocycles. The predicted molar refractivity (Wildman–Crippen MR) is 115 cm³/mol. The molecule has 1 aliphatic heterocycles. The molecule has 34 heavy (non-hydrogen) atoms. The predicted octanol–water partition coefficient (Wildman–Crippen LogP) is 3.15. The summed E-state index contributed by atoms with van der Waals surface area (Å²) in [5.74, 6) is -2.78. The largest absolute Gasteiger partial charge is 0.484 e. The van der Waals surface area contributed by atoms with Crippen LogP contribution in [-0.4, -0.2) is 41.5 Å². The van der Waals surface area contributed by atoms with Crippen LogP contribution in [0.2, 0.25) is 0 Å². The first-order valence-electron chi connectivity index (χ1n) is 9.76. The Bertz CT molecular complexity index is 1260. The number of likely N-dealkylation sites (N-methyl/N-ethyl adjacent to an activating group) is 1. The van der Waals surface area contributed by atoms with Crippen molar-refractivity contribution in [2.45, 2.75) is 6.11 Å². The van der Waals surface area contributed by atoms with Crippen molar-refractivity contribution in [2.75, 3.05) is 29.6 Å². The fourth-order valence-corrected chi connectivity index (χ4v) is 2.83. The summed E-state index contributed by atoms with van der Waals surface area (Å²) >= 11 is 0. The summed E-state index contributed by atoms with van der Waals surface area (Å²) in [5, 5.41) is 10.0. The Morgan fingerprint density at radius 2 is 1.97 bits per heavy atom. The summed E-state index contributed by atoms with van der Waals surface area (Å²) in [6.07, 6.45) is -3.10. The highest BCUT2D eigenvalue weighted by molar-refractivity contribution is 5.99. The van der Waals surface area contributed by atoms with Gasteiger partial charge < -0.3 is 30.7 Å². The summed E-state index contributed by atoms with van der Waals surface area (Å²) in [7, 11) is 1.49. The van der Waals surface area contributed by atoms with Gasteiger partial charge in [-0.15, -0.1) is 0 Å². The number of halogens is 3. The fraction of sp³-hybridized carbons (Fsp3) is 0.143. The highest BCUT2D eigenvalue weighted by atomic mass is 19.3. The molecule has 2 amide bonds. The number of amides is 2. The molecule has 0 bridgehead atoms. The first kappa shape index (κ1) is 22.6. The molecule has 0 spiro atoms. The SMILES string of the molecule is CNC(=O)COc1cccc(Nc2ncc(F)c(Nc3ccc4c(c3)OC(F)(F)C(=O)N4)n2)c1. The molecular weight excluding hydrogens is 457 g/mol. The second-order valence-corrected chi connectivity index (χ2v) is 6.91. The van der Waals surface area contributed by atoms with Gasteiger partial charge >= 0.3 is 12.0 Å². The molecule has 10 nitrogen and oxygen atoms in total. The number of hydrogen-bond donors (Lipinski definition) is 4. The van der Waals surface area contributed by atoms with Crippen molar-refractivity contribution < 1.29 is 32.2 Å². The molecule has 0 radical (unpaired) electrons. The first-order valence-corrected chi connectivity index (χ1v) is 9.76. The second kappa shape index (κ2) is 9.13. The number of carbonyl (C=O) groups excluding carboxylic acids is 2. The van der Waals surface area contributed by atoms with Crippen LogP contribution in [0.4, 0.5) is 42.0 Å². The van der Waals surface area contributed by atoms with Gasteiger partial charge in [-0.2, -0.15) is 13.8 Å². The van der Waals surface area contributed by atoms with Crippen LogP contribution in [0.25, 0.3) is 0 Å². The van der Waals surface area contributed by atoms with Crippen molar-refractivity contribution in [3.05, 3.63) is 54.5 Å². The van der Waals surface area contributed by atoms with Crippen LogP contribution in [-0.2, 0) is 9.59 Å². The molecule has 4 N–H and O–H groups in total. The monoisotopic (exact) mass is 474 g/mol. The van der Waals surface area contributed by atoms with Crippen LogP contribution < -0.4 is 30.7 Å². The summed E-state index contributed by atoms with van der Waals surface area (Å²) < 4.78 is 51.1. The van der Waals surface area contributed by atoms with Gasteiger partial charge in [-0.05, 0) is 24.3 Å². The summed E-state index contributed by atoms with van der Waals surface area (Å²) in [5.41, 5.74) is 0.733. The number of nitrogens with one attached hydrogen (secondary N) is 4. The van der Waals surface area contributed by atoms with Gasteiger partial charge in [0, 0.05) is 30.6 Å². The zero-order chi connectivity index (χ0) is 24.3. The van der Waals surface area contributed by atoms with Gasteiger partial charge in [-0.3, -0.25) is 9.59 Å². The highest BCUT2D eigenvalue weighted by Gasteiger charge is 2.46. The average Bonchev–Trinajstić information content (AvgIpc) is 2.80. The Kier molecular flexibility index (Phi) is 6.08. The number of ether oxygens (including phenoxy) is 2. The standard InChI is InChI=1S/C21H17F3N6O4/c1-25-17(31)10-33-13-4-2-3-11(7-13)28-20-26-9-14(22)18(30-20)27-12-5-6-15-16(8-12)34-21(23,24)19(32)29-15/h2-9H,10H2,1H3,(H,25,31)(H,29,32)(H2,26,27,28,30). The molecule has 3 aromatic rings. The Balaban J connectivity index is 1.49. The fourth-order valence-electron chi connectivity index (χ4n) is 2.83. The van der Waals surface area contributed by atoms with Crippen LogP contribution in [0.1, 0.15) is 0 Å². The van der Waals surface area contributed by atoms with Gasteiger partial charge in [0.15, 0.2) is 24.0 Å². The number of anilines is 5. The van der Waals surface area contributed by atoms with Crippen molar-refractivity contribution in [2.24, 2.45) is 0 Å². The minimum absolute atomic E-state index is 0.0281. The second-order valence-electron chi connectivity index (χ2n) is 6.91. The number of aromatic nitrogens is 2. The van der Waals surface area contributed by atoms with E-state index >= 15 is 0 Å². The summed E-state index contributed by atoms with van der Waals surface area (Å²) in [6, 6.07) is 10.5. The molecule has 176 valence electrons. The molecule has 0 unspecified atom stereocenters. The average molecular weight is 474 g/mol. The van der Waals surface area contributed by atoms with E-state index in [-0.39, 0.29) is 41.4 Å². The van der Waals surface area contributed by atoms with Crippen LogP contribution in [0.15, 0.2) is 48.7 Å². The number of alkyl halides is 2. The molecule has 0 saturated heterocycles. The lowest BCUT2D eigenvalue weighted by Crippen LogP contribution is -2.43. The molecule has 1 aromatic heterocycles. The maximum atomic E-state index is 14.3. The van der Waals surface area contributed by atoms with Crippen molar-refractivity contribution in [3.63, 3.8) is 0 Å². The Hall–Kier alpha value is -4.55. The number of carbonyl (C=O) groups is 2. The van der Waals surface area contributed by atoms with E-state index in [1.54, 1.807) is 24.3 Å². The highest BCUT2D eigenvalue weighted by Crippen LogP contribution is 2.37. The van der Waals surface area contributed by atoms with Gasteiger partial charge in [0.25, 0.3) is 5.91 Å². The molecule has 4 rings (SSSR count). The zero-order valence-corrected chi connectivity index (χ0v) is 17.5. The van der Waals surface area contributed by atoms with E-state index in [1.807, 2.05) is 5.32 Å². The minimum Gasteiger partial charge on any atom is -0.484 e. The van der Waals surface area contributed by atoms with E-state index in [9.17, 15) is 22.8 Å². The molecular formula is C21H17F3N6O4. The molecule has 0 saturated carbocycles. The Morgan fingerprint density at radius 3 is 2.76 bits per heavy atom. The van der Waals surface area contributed by atoms with Crippen LogP contribution in [0, 0.1) is 5.82 Å². The smallest absolute Gasteiger partial charge is 0.482 e. The number of nitrogens with zero attached hydrogens (tertiary/aromatic N) is 2. The summed E-state index contributed by atoms with van der Waals surface area (Å²) in [6.45, 7) is -0.166. The summed E-state index contributed by atoms with van der Waals surface area (Å²) in [4.78, 5) is 30.6. The molecule has 0 fully saturated rings. The number of rotatable bonds is 7. The van der Waals surface area contributed by atoms with E-state index in [0.29, 0.717) is 11.4 Å². The van der Waals surface area contributed by atoms with Crippen molar-refractivity contribution in [1.29, 1.82) is 0 Å². The third-order valence-corrected chi connectivity index (χ3v) is 4.48. The maximum absolute atomic E-state index is 14.3. The molecule has 0 aliphatic carbocycles. The van der Waals surface area contributed by atoms with Crippen molar-refractivity contribution >= 4 is 40.6 Å². The topological polar surface area (TPSA) is 127 Å². The number of benzene rings is 2. The number of fused-ring (bicyclic) bond motifs is 1. The number of hydrogen-bond acceptors (Lipinski definition) is 8. The van der Waals surface area contributed by atoms with Crippen LogP contribution >= 0.6 is 0 Å². The Morgan fingerprint density at radius 1 is 1.18 bits per heavy atom. The van der Waals surface area contributed by atoms with E-state index in [2.05, 4.69) is 30.7 Å². The molecule has 1 aliphatic rings. The third kappa shape index (κ3) is 5.09. The normalized spacial score (nSPS) is 13.7. The van der Waals surface area contributed by atoms with E-state index in [4.69, 9.17) is 4.74 Å². The zero-order valence-electron chi connectivity index (χ0n) is 17.5. The van der Waals surface area contributed by atoms with Crippen molar-refractivity contribution in [1.82, 2.24) is 15.3 Å². The van der Waals surface area contributed by atoms with Crippen molar-refractivity contribution in [3.8, 4) is 11.5 Å². The van der Waals surface area contributed by atoms with Crippen LogP contribution in [0.3, 0.4) is 0 Å².